The van der Waals surface area contributed by atoms with Crippen LogP contribution >= 0.6 is 11.6 Å². The number of halogens is 2. The fraction of sp³-hybridized carbons (Fsp3) is 0.333. The molecule has 0 saturated carbocycles. The van der Waals surface area contributed by atoms with E-state index < -0.39 is 23.7 Å². The second kappa shape index (κ2) is 4.13. The molecular weight excluding hydrogens is 209 g/mol. The highest BCUT2D eigenvalue weighted by Crippen LogP contribution is 2.34. The molecule has 0 aliphatic heterocycles. The summed E-state index contributed by atoms with van der Waals surface area (Å²) < 4.78 is 12.9. The van der Waals surface area contributed by atoms with E-state index in [0.29, 0.717) is 0 Å². The molecule has 0 amide bonds. The predicted octanol–water partition coefficient (Wildman–Crippen LogP) is 1.57. The highest BCUT2D eigenvalue weighted by molar-refractivity contribution is 6.31. The number of aliphatic hydroxyl groups is 1. The van der Waals surface area contributed by atoms with Crippen LogP contribution in [-0.4, -0.2) is 16.3 Å². The smallest absolute Gasteiger partial charge is 0.165 e. The Balaban J connectivity index is 3.25. The molecule has 3 nitrogen and oxygen atoms in total. The van der Waals surface area contributed by atoms with Gasteiger partial charge in [0.2, 0.25) is 0 Å². The maximum atomic E-state index is 12.9. The molecule has 0 saturated heterocycles. The third kappa shape index (κ3) is 1.97. The summed E-state index contributed by atoms with van der Waals surface area (Å²) in [5.74, 6) is -1.48. The Labute approximate surface area is 85.9 Å². The molecule has 1 aromatic carbocycles. The van der Waals surface area contributed by atoms with Crippen molar-refractivity contribution in [3.8, 4) is 5.75 Å². The number of hydrogen-bond acceptors (Lipinski definition) is 3. The van der Waals surface area contributed by atoms with E-state index in [1.807, 2.05) is 0 Å². The Bertz CT molecular complexity index is 344. The first-order chi connectivity index (χ1) is 6.45. The maximum absolute atomic E-state index is 12.9. The van der Waals surface area contributed by atoms with Gasteiger partial charge in [-0.25, -0.2) is 4.39 Å². The van der Waals surface area contributed by atoms with Gasteiger partial charge in [0.25, 0.3) is 0 Å². The second-order valence-corrected chi connectivity index (χ2v) is 3.50. The van der Waals surface area contributed by atoms with E-state index in [1.165, 1.54) is 13.0 Å². The standard InChI is InChI=1S/C9H11ClFNO2/c1-4(12)8(13)7-5(10)2-3-6(11)9(7)14/h2-4,8,13-14H,12H2,1H3. The van der Waals surface area contributed by atoms with Gasteiger partial charge in [0, 0.05) is 11.6 Å². The molecule has 0 spiro atoms. The number of phenolic OH excluding ortho intramolecular Hbond substituents is 1. The summed E-state index contributed by atoms with van der Waals surface area (Å²) in [6.07, 6.45) is -1.18. The number of nitrogens with two attached hydrogens (primary N) is 1. The zero-order valence-corrected chi connectivity index (χ0v) is 8.29. The third-order valence-electron chi connectivity index (χ3n) is 1.91. The van der Waals surface area contributed by atoms with Crippen molar-refractivity contribution in [1.82, 2.24) is 0 Å². The van der Waals surface area contributed by atoms with Crippen molar-refractivity contribution in [2.45, 2.75) is 19.1 Å². The molecule has 0 bridgehead atoms. The zero-order chi connectivity index (χ0) is 10.9. The van der Waals surface area contributed by atoms with Crippen LogP contribution in [0, 0.1) is 5.82 Å². The summed E-state index contributed by atoms with van der Waals surface area (Å²) in [7, 11) is 0. The summed E-state index contributed by atoms with van der Waals surface area (Å²) in [5, 5.41) is 19.0. The lowest BCUT2D eigenvalue weighted by molar-refractivity contribution is 0.149. The summed E-state index contributed by atoms with van der Waals surface area (Å²) in [6.45, 7) is 1.53. The molecule has 1 rings (SSSR count). The molecular formula is C9H11ClFNO2. The summed E-state index contributed by atoms with van der Waals surface area (Å²) in [5.41, 5.74) is 5.35. The quantitative estimate of drug-likeness (QED) is 0.707. The van der Waals surface area contributed by atoms with Crippen LogP contribution in [0.3, 0.4) is 0 Å². The minimum atomic E-state index is -1.18. The van der Waals surface area contributed by atoms with Gasteiger partial charge in [-0.3, -0.25) is 0 Å². The molecule has 0 fully saturated rings. The van der Waals surface area contributed by atoms with E-state index in [9.17, 15) is 14.6 Å². The average molecular weight is 220 g/mol. The fourth-order valence-electron chi connectivity index (χ4n) is 1.10. The normalized spacial score (nSPS) is 15.2. The Morgan fingerprint density at radius 1 is 1.50 bits per heavy atom. The summed E-state index contributed by atoms with van der Waals surface area (Å²) in [4.78, 5) is 0. The van der Waals surface area contributed by atoms with E-state index in [0.717, 1.165) is 6.07 Å². The van der Waals surface area contributed by atoms with Crippen LogP contribution in [0.15, 0.2) is 12.1 Å². The van der Waals surface area contributed by atoms with Crippen molar-refractivity contribution in [3.63, 3.8) is 0 Å². The number of aromatic hydroxyl groups is 1. The highest BCUT2D eigenvalue weighted by Gasteiger charge is 2.21. The molecule has 2 atom stereocenters. The second-order valence-electron chi connectivity index (χ2n) is 3.10. The van der Waals surface area contributed by atoms with Crippen molar-refractivity contribution in [1.29, 1.82) is 0 Å². The number of hydrogen-bond donors (Lipinski definition) is 3. The fourth-order valence-corrected chi connectivity index (χ4v) is 1.37. The molecule has 78 valence electrons. The highest BCUT2D eigenvalue weighted by atomic mass is 35.5. The lowest BCUT2D eigenvalue weighted by atomic mass is 10.0. The molecule has 0 aromatic heterocycles. The van der Waals surface area contributed by atoms with Gasteiger partial charge in [0.15, 0.2) is 11.6 Å². The van der Waals surface area contributed by atoms with E-state index in [4.69, 9.17) is 17.3 Å². The molecule has 0 aliphatic carbocycles. The lowest BCUT2D eigenvalue weighted by Crippen LogP contribution is -2.24. The molecule has 2 unspecified atom stereocenters. The van der Waals surface area contributed by atoms with E-state index in [1.54, 1.807) is 0 Å². The van der Waals surface area contributed by atoms with Gasteiger partial charge in [-0.2, -0.15) is 0 Å². The minimum absolute atomic E-state index is 0.0679. The maximum Gasteiger partial charge on any atom is 0.165 e. The Morgan fingerprint density at radius 3 is 2.57 bits per heavy atom. The summed E-state index contributed by atoms with van der Waals surface area (Å²) >= 11 is 5.70. The molecule has 0 heterocycles. The van der Waals surface area contributed by atoms with E-state index in [2.05, 4.69) is 0 Å². The number of benzene rings is 1. The zero-order valence-electron chi connectivity index (χ0n) is 7.54. The van der Waals surface area contributed by atoms with Gasteiger partial charge in [0.1, 0.15) is 0 Å². The van der Waals surface area contributed by atoms with Crippen LogP contribution in [0.25, 0.3) is 0 Å². The largest absolute Gasteiger partial charge is 0.505 e. The van der Waals surface area contributed by atoms with Gasteiger partial charge in [-0.05, 0) is 19.1 Å². The van der Waals surface area contributed by atoms with Crippen molar-refractivity contribution in [3.05, 3.63) is 28.5 Å². The first-order valence-corrected chi connectivity index (χ1v) is 4.43. The number of rotatable bonds is 2. The average Bonchev–Trinajstić information content (AvgIpc) is 2.12. The molecule has 14 heavy (non-hydrogen) atoms. The Morgan fingerprint density at radius 2 is 2.07 bits per heavy atom. The molecule has 0 radical (unpaired) electrons. The van der Waals surface area contributed by atoms with Crippen LogP contribution < -0.4 is 5.73 Å². The van der Waals surface area contributed by atoms with Crippen LogP contribution in [-0.2, 0) is 0 Å². The van der Waals surface area contributed by atoms with Gasteiger partial charge in [0.05, 0.1) is 11.1 Å². The van der Waals surface area contributed by atoms with Gasteiger partial charge in [-0.1, -0.05) is 11.6 Å². The predicted molar refractivity (Wildman–Crippen MR) is 51.7 cm³/mol. The minimum Gasteiger partial charge on any atom is -0.505 e. The molecule has 4 N–H and O–H groups in total. The van der Waals surface area contributed by atoms with Crippen LogP contribution in [0.4, 0.5) is 4.39 Å². The Kier molecular flexibility index (Phi) is 3.31. The summed E-state index contributed by atoms with van der Waals surface area (Å²) in [6, 6.07) is 1.65. The number of aliphatic hydroxyl groups excluding tert-OH is 1. The van der Waals surface area contributed by atoms with E-state index >= 15 is 0 Å². The topological polar surface area (TPSA) is 66.5 Å². The monoisotopic (exact) mass is 219 g/mol. The van der Waals surface area contributed by atoms with Crippen molar-refractivity contribution in [2.75, 3.05) is 0 Å². The van der Waals surface area contributed by atoms with Gasteiger partial charge < -0.3 is 15.9 Å². The molecule has 1 aromatic rings. The van der Waals surface area contributed by atoms with Crippen LogP contribution in [0.2, 0.25) is 5.02 Å². The van der Waals surface area contributed by atoms with Crippen LogP contribution in [0.5, 0.6) is 5.75 Å². The molecule has 0 aliphatic rings. The Hall–Kier alpha value is -0.840. The first kappa shape index (κ1) is 11.2. The van der Waals surface area contributed by atoms with Crippen LogP contribution in [0.1, 0.15) is 18.6 Å². The van der Waals surface area contributed by atoms with Crippen molar-refractivity contribution >= 4 is 11.6 Å². The van der Waals surface area contributed by atoms with Gasteiger partial charge >= 0.3 is 0 Å². The van der Waals surface area contributed by atoms with E-state index in [-0.39, 0.29) is 10.6 Å². The van der Waals surface area contributed by atoms with Crippen molar-refractivity contribution < 1.29 is 14.6 Å². The first-order valence-electron chi connectivity index (χ1n) is 4.05. The van der Waals surface area contributed by atoms with Crippen molar-refractivity contribution in [2.24, 2.45) is 5.73 Å². The third-order valence-corrected chi connectivity index (χ3v) is 2.24. The van der Waals surface area contributed by atoms with Gasteiger partial charge in [-0.15, -0.1) is 0 Å². The molecule has 5 heteroatoms. The number of phenols is 1. The lowest BCUT2D eigenvalue weighted by Gasteiger charge is -2.17. The SMILES string of the molecule is CC(N)C(O)c1c(Cl)ccc(F)c1O.